The summed E-state index contributed by atoms with van der Waals surface area (Å²) in [6.45, 7) is 1.96. The van der Waals surface area contributed by atoms with E-state index in [1.165, 1.54) is 46.2 Å². The minimum Gasteiger partial charge on any atom is -0.348 e. The van der Waals surface area contributed by atoms with Crippen LogP contribution in [0, 0.1) is 0 Å². The van der Waals surface area contributed by atoms with Crippen LogP contribution in [0.3, 0.4) is 0 Å². The van der Waals surface area contributed by atoms with Gasteiger partial charge < -0.3 is 5.32 Å². The van der Waals surface area contributed by atoms with Crippen LogP contribution < -0.4 is 10.9 Å². The third-order valence-corrected chi connectivity index (χ3v) is 5.84. The molecule has 0 bridgehead atoms. The molecule has 134 valence electrons. The van der Waals surface area contributed by atoms with Crippen LogP contribution in [0.15, 0.2) is 40.8 Å². The quantitative estimate of drug-likeness (QED) is 0.770. The van der Waals surface area contributed by atoms with Crippen molar-refractivity contribution < 1.29 is 4.79 Å². The first-order valence-corrected chi connectivity index (χ1v) is 9.83. The molecular formula is C20H21N3O2S. The van der Waals surface area contributed by atoms with Gasteiger partial charge in [-0.3, -0.25) is 14.2 Å². The van der Waals surface area contributed by atoms with Gasteiger partial charge in [-0.1, -0.05) is 18.2 Å². The summed E-state index contributed by atoms with van der Waals surface area (Å²) in [6.07, 6.45) is 6.21. The highest BCUT2D eigenvalue weighted by atomic mass is 32.1. The van der Waals surface area contributed by atoms with Crippen molar-refractivity contribution in [2.45, 2.75) is 45.2 Å². The smallest absolute Gasteiger partial charge is 0.262 e. The van der Waals surface area contributed by atoms with Crippen molar-refractivity contribution in [2.24, 2.45) is 0 Å². The first-order valence-electron chi connectivity index (χ1n) is 8.95. The van der Waals surface area contributed by atoms with E-state index in [9.17, 15) is 9.59 Å². The van der Waals surface area contributed by atoms with E-state index in [4.69, 9.17) is 0 Å². The molecule has 1 aromatic carbocycles. The van der Waals surface area contributed by atoms with Crippen molar-refractivity contribution in [1.29, 1.82) is 0 Å². The van der Waals surface area contributed by atoms with Gasteiger partial charge in [0.1, 0.15) is 11.4 Å². The highest BCUT2D eigenvalue weighted by molar-refractivity contribution is 7.16. The molecule has 1 N–H and O–H groups in total. The average Bonchev–Trinajstić information content (AvgIpc) is 3.13. The summed E-state index contributed by atoms with van der Waals surface area (Å²) in [7, 11) is 0. The van der Waals surface area contributed by atoms with Gasteiger partial charge in [0.2, 0.25) is 5.91 Å². The predicted molar refractivity (Wildman–Crippen MR) is 104 cm³/mol. The van der Waals surface area contributed by atoms with Crippen LogP contribution >= 0.6 is 11.3 Å². The SMILES string of the molecule is CC(NC(=O)Cn1cnc2sccc2c1=O)c1ccc2c(c1)CCCC2. The van der Waals surface area contributed by atoms with Crippen LogP contribution in [0.4, 0.5) is 0 Å². The molecule has 2 heterocycles. The van der Waals surface area contributed by atoms with Gasteiger partial charge in [0.15, 0.2) is 0 Å². The lowest BCUT2D eigenvalue weighted by molar-refractivity contribution is -0.122. The lowest BCUT2D eigenvalue weighted by atomic mass is 9.89. The highest BCUT2D eigenvalue weighted by Crippen LogP contribution is 2.24. The molecule has 0 saturated carbocycles. The summed E-state index contributed by atoms with van der Waals surface area (Å²) in [5.41, 5.74) is 3.77. The minimum atomic E-state index is -0.186. The molecule has 0 radical (unpaired) electrons. The second kappa shape index (κ2) is 7.03. The molecule has 1 atom stereocenters. The standard InChI is InChI=1S/C20H21N3O2S/c1-13(15-7-6-14-4-2-3-5-16(14)10-15)22-18(24)11-23-12-21-19-17(20(23)25)8-9-26-19/h6-10,12-13H,2-5,11H2,1H3,(H,22,24). The number of fused-ring (bicyclic) bond motifs is 2. The molecule has 4 rings (SSSR count). The molecule has 5 nitrogen and oxygen atoms in total. The predicted octanol–water partition coefficient (Wildman–Crippen LogP) is 3.21. The molecule has 3 aromatic rings. The number of carbonyl (C=O) groups is 1. The van der Waals surface area contributed by atoms with Gasteiger partial charge in [-0.2, -0.15) is 0 Å². The molecular weight excluding hydrogens is 346 g/mol. The molecule has 0 aliphatic heterocycles. The second-order valence-electron chi connectivity index (χ2n) is 6.84. The van der Waals surface area contributed by atoms with Crippen LogP contribution in [0.5, 0.6) is 0 Å². The number of carbonyl (C=O) groups excluding carboxylic acids is 1. The fourth-order valence-electron chi connectivity index (χ4n) is 3.55. The maximum atomic E-state index is 12.4. The van der Waals surface area contributed by atoms with Crippen molar-refractivity contribution in [3.63, 3.8) is 0 Å². The summed E-state index contributed by atoms with van der Waals surface area (Å²) in [5, 5.41) is 5.39. The minimum absolute atomic E-state index is 0.0209. The lowest BCUT2D eigenvalue weighted by Crippen LogP contribution is -2.33. The Hall–Kier alpha value is -2.47. The number of benzene rings is 1. The molecule has 0 spiro atoms. The van der Waals surface area contributed by atoms with Gasteiger partial charge in [-0.05, 0) is 60.7 Å². The zero-order valence-electron chi connectivity index (χ0n) is 14.7. The maximum Gasteiger partial charge on any atom is 0.262 e. The van der Waals surface area contributed by atoms with Crippen molar-refractivity contribution in [3.05, 3.63) is 63.0 Å². The number of amides is 1. The number of nitrogens with one attached hydrogen (secondary N) is 1. The zero-order chi connectivity index (χ0) is 18.1. The number of nitrogens with zero attached hydrogens (tertiary/aromatic N) is 2. The topological polar surface area (TPSA) is 64.0 Å². The van der Waals surface area contributed by atoms with Gasteiger partial charge in [-0.25, -0.2) is 4.98 Å². The van der Waals surface area contributed by atoms with Gasteiger partial charge in [0.25, 0.3) is 5.56 Å². The third kappa shape index (κ3) is 3.29. The lowest BCUT2D eigenvalue weighted by Gasteiger charge is -2.20. The number of aryl methyl sites for hydroxylation is 2. The van der Waals surface area contributed by atoms with E-state index in [1.807, 2.05) is 12.3 Å². The average molecular weight is 367 g/mol. The monoisotopic (exact) mass is 367 g/mol. The molecule has 26 heavy (non-hydrogen) atoms. The molecule has 1 unspecified atom stereocenters. The fraction of sp³-hybridized carbons (Fsp3) is 0.350. The summed E-state index contributed by atoms with van der Waals surface area (Å²) < 4.78 is 1.37. The van der Waals surface area contributed by atoms with Gasteiger partial charge in [-0.15, -0.1) is 11.3 Å². The number of hydrogen-bond acceptors (Lipinski definition) is 4. The van der Waals surface area contributed by atoms with Crippen molar-refractivity contribution in [1.82, 2.24) is 14.9 Å². The Morgan fingerprint density at radius 1 is 1.27 bits per heavy atom. The Balaban J connectivity index is 1.47. The van der Waals surface area contributed by atoms with E-state index in [0.717, 1.165) is 18.4 Å². The van der Waals surface area contributed by atoms with Crippen LogP contribution in [0.2, 0.25) is 0 Å². The van der Waals surface area contributed by atoms with E-state index in [2.05, 4.69) is 28.5 Å². The Labute approximate surface area is 155 Å². The maximum absolute atomic E-state index is 12.4. The van der Waals surface area contributed by atoms with Crippen molar-refractivity contribution in [2.75, 3.05) is 0 Å². The van der Waals surface area contributed by atoms with Crippen molar-refractivity contribution >= 4 is 27.5 Å². The summed E-state index contributed by atoms with van der Waals surface area (Å²) in [6, 6.07) is 8.15. The summed E-state index contributed by atoms with van der Waals surface area (Å²) >= 11 is 1.42. The molecule has 1 aliphatic carbocycles. The molecule has 0 fully saturated rings. The molecule has 2 aromatic heterocycles. The van der Waals surface area contributed by atoms with E-state index in [1.54, 1.807) is 6.07 Å². The normalized spacial score (nSPS) is 14.8. The van der Waals surface area contributed by atoms with E-state index in [-0.39, 0.29) is 24.1 Å². The molecule has 0 saturated heterocycles. The number of hydrogen-bond donors (Lipinski definition) is 1. The number of thiophene rings is 1. The molecule has 6 heteroatoms. The first kappa shape index (κ1) is 17.0. The number of aromatic nitrogens is 2. The Morgan fingerprint density at radius 3 is 2.92 bits per heavy atom. The van der Waals surface area contributed by atoms with E-state index in [0.29, 0.717) is 10.2 Å². The van der Waals surface area contributed by atoms with Crippen LogP contribution in [-0.2, 0) is 24.2 Å². The van der Waals surface area contributed by atoms with Gasteiger partial charge in [0.05, 0.1) is 17.8 Å². The largest absolute Gasteiger partial charge is 0.348 e. The summed E-state index contributed by atoms with van der Waals surface area (Å²) in [4.78, 5) is 29.8. The number of rotatable bonds is 4. The second-order valence-corrected chi connectivity index (χ2v) is 7.74. The van der Waals surface area contributed by atoms with Gasteiger partial charge >= 0.3 is 0 Å². The zero-order valence-corrected chi connectivity index (χ0v) is 15.5. The fourth-order valence-corrected chi connectivity index (χ4v) is 4.28. The van der Waals surface area contributed by atoms with E-state index >= 15 is 0 Å². The Kier molecular flexibility index (Phi) is 4.59. The Bertz CT molecular complexity index is 1020. The van der Waals surface area contributed by atoms with Crippen LogP contribution in [0.25, 0.3) is 10.2 Å². The Morgan fingerprint density at radius 2 is 2.08 bits per heavy atom. The van der Waals surface area contributed by atoms with E-state index < -0.39 is 0 Å². The van der Waals surface area contributed by atoms with Crippen LogP contribution in [0.1, 0.15) is 42.5 Å². The summed E-state index contributed by atoms with van der Waals surface area (Å²) in [5.74, 6) is -0.186. The van der Waals surface area contributed by atoms with Crippen LogP contribution in [-0.4, -0.2) is 15.5 Å². The van der Waals surface area contributed by atoms with Crippen molar-refractivity contribution in [3.8, 4) is 0 Å². The molecule has 1 aliphatic rings. The first-order chi connectivity index (χ1) is 12.6. The highest BCUT2D eigenvalue weighted by Gasteiger charge is 2.15. The third-order valence-electron chi connectivity index (χ3n) is 5.01. The van der Waals surface area contributed by atoms with Gasteiger partial charge in [0, 0.05) is 0 Å². The molecule has 1 amide bonds.